The fourth-order valence-electron chi connectivity index (χ4n) is 4.83. The molecule has 2 aromatic rings. The van der Waals surface area contributed by atoms with Crippen molar-refractivity contribution in [3.63, 3.8) is 0 Å². The van der Waals surface area contributed by atoms with Gasteiger partial charge in [-0.15, -0.1) is 0 Å². The zero-order valence-electron chi connectivity index (χ0n) is 19.6. The average molecular weight is 549 g/mol. The Kier molecular flexibility index (Phi) is 8.80. The first-order valence-corrected chi connectivity index (χ1v) is 14.6. The highest BCUT2D eigenvalue weighted by Crippen LogP contribution is 2.23. The summed E-state index contributed by atoms with van der Waals surface area (Å²) < 4.78 is 28.1. The van der Waals surface area contributed by atoms with Crippen molar-refractivity contribution in [2.24, 2.45) is 5.92 Å². The van der Waals surface area contributed by atoms with Crippen molar-refractivity contribution < 1.29 is 13.2 Å². The van der Waals surface area contributed by atoms with E-state index >= 15 is 0 Å². The van der Waals surface area contributed by atoms with Gasteiger partial charge in [-0.3, -0.25) is 9.69 Å². The van der Waals surface area contributed by atoms with Crippen LogP contribution < -0.4 is 5.32 Å². The molecule has 0 atom stereocenters. The van der Waals surface area contributed by atoms with Crippen LogP contribution in [0.1, 0.15) is 48.8 Å². The van der Waals surface area contributed by atoms with Crippen LogP contribution in [0.3, 0.4) is 0 Å². The number of carbonyl (C=O) groups is 1. The molecule has 2 saturated heterocycles. The molecular formula is C26H34BrN3O3S. The zero-order valence-corrected chi connectivity index (χ0v) is 22.0. The molecule has 184 valence electrons. The minimum Gasteiger partial charge on any atom is -0.352 e. The van der Waals surface area contributed by atoms with Crippen LogP contribution in [0.4, 0.5) is 0 Å². The topological polar surface area (TPSA) is 69.7 Å². The van der Waals surface area contributed by atoms with Gasteiger partial charge < -0.3 is 5.32 Å². The lowest BCUT2D eigenvalue weighted by molar-refractivity contribution is -0.126. The molecule has 2 aliphatic rings. The van der Waals surface area contributed by atoms with E-state index in [1.807, 2.05) is 24.3 Å². The Bertz CT molecular complexity index is 1060. The third kappa shape index (κ3) is 7.13. The number of carbonyl (C=O) groups excluding carboxylic acids is 1. The van der Waals surface area contributed by atoms with Crippen molar-refractivity contribution in [3.05, 3.63) is 69.7 Å². The van der Waals surface area contributed by atoms with E-state index in [2.05, 4.69) is 50.4 Å². The first-order valence-electron chi connectivity index (χ1n) is 12.2. The Morgan fingerprint density at radius 2 is 1.59 bits per heavy atom. The highest BCUT2D eigenvalue weighted by Gasteiger charge is 2.31. The quantitative estimate of drug-likeness (QED) is 0.535. The Balaban J connectivity index is 1.23. The maximum absolute atomic E-state index is 12.8. The number of amides is 1. The molecule has 2 heterocycles. The van der Waals surface area contributed by atoms with Crippen LogP contribution in [0.25, 0.3) is 0 Å². The summed E-state index contributed by atoms with van der Waals surface area (Å²) >= 11 is 3.37. The van der Waals surface area contributed by atoms with E-state index in [1.165, 1.54) is 42.2 Å². The molecule has 0 spiro atoms. The fraction of sp³-hybridized carbons (Fsp3) is 0.500. The third-order valence-electron chi connectivity index (χ3n) is 6.79. The summed E-state index contributed by atoms with van der Waals surface area (Å²) in [6.07, 6.45) is 5.00. The Hall–Kier alpha value is -1.74. The number of benzene rings is 2. The second-order valence-corrected chi connectivity index (χ2v) is 12.3. The molecule has 0 radical (unpaired) electrons. The van der Waals surface area contributed by atoms with E-state index in [9.17, 15) is 13.2 Å². The predicted molar refractivity (Wildman–Crippen MR) is 138 cm³/mol. The standard InChI is InChI=1S/C26H34BrN3O3S/c27-25-9-7-21(8-10-25)20-34(32,33)30-15-11-24(12-16-30)26(31)28-18-22-5-4-6-23(17-22)19-29-13-2-1-3-14-29/h4-10,17,24H,1-3,11-16,18-20H2,(H,28,31). The van der Waals surface area contributed by atoms with Gasteiger partial charge in [0.15, 0.2) is 0 Å². The van der Waals surface area contributed by atoms with Gasteiger partial charge in [0.25, 0.3) is 0 Å². The van der Waals surface area contributed by atoms with Crippen LogP contribution in [0.5, 0.6) is 0 Å². The second-order valence-electron chi connectivity index (χ2n) is 9.43. The number of piperidine rings is 2. The summed E-state index contributed by atoms with van der Waals surface area (Å²) in [5.74, 6) is -0.132. The number of nitrogens with zero attached hydrogens (tertiary/aromatic N) is 2. The van der Waals surface area contributed by atoms with Crippen molar-refractivity contribution >= 4 is 31.9 Å². The highest BCUT2D eigenvalue weighted by molar-refractivity contribution is 9.10. The van der Waals surface area contributed by atoms with Gasteiger partial charge in [0.05, 0.1) is 5.75 Å². The summed E-state index contributed by atoms with van der Waals surface area (Å²) in [5, 5.41) is 3.07. The number of halogens is 1. The molecule has 6 nitrogen and oxygen atoms in total. The largest absolute Gasteiger partial charge is 0.352 e. The van der Waals surface area contributed by atoms with Gasteiger partial charge in [-0.25, -0.2) is 12.7 Å². The van der Waals surface area contributed by atoms with Gasteiger partial charge in [0.1, 0.15) is 0 Å². The van der Waals surface area contributed by atoms with E-state index in [0.717, 1.165) is 22.1 Å². The molecule has 0 unspecified atom stereocenters. The van der Waals surface area contributed by atoms with Gasteiger partial charge in [-0.1, -0.05) is 58.7 Å². The minimum absolute atomic E-state index is 0.00902. The van der Waals surface area contributed by atoms with Crippen molar-refractivity contribution in [2.45, 2.75) is 50.9 Å². The monoisotopic (exact) mass is 547 g/mol. The van der Waals surface area contributed by atoms with Crippen molar-refractivity contribution in [3.8, 4) is 0 Å². The maximum Gasteiger partial charge on any atom is 0.223 e. The molecule has 2 fully saturated rings. The van der Waals surface area contributed by atoms with E-state index in [-0.39, 0.29) is 17.6 Å². The van der Waals surface area contributed by atoms with Gasteiger partial charge >= 0.3 is 0 Å². The summed E-state index contributed by atoms with van der Waals surface area (Å²) in [5.41, 5.74) is 3.17. The Morgan fingerprint density at radius 3 is 2.29 bits per heavy atom. The Labute approximate surface area is 211 Å². The van der Waals surface area contributed by atoms with Crippen LogP contribution in [0.15, 0.2) is 53.0 Å². The minimum atomic E-state index is -3.39. The molecule has 2 aromatic carbocycles. The van der Waals surface area contributed by atoms with Gasteiger partial charge in [0.2, 0.25) is 15.9 Å². The lowest BCUT2D eigenvalue weighted by Gasteiger charge is -2.30. The van der Waals surface area contributed by atoms with E-state index in [4.69, 9.17) is 0 Å². The number of likely N-dealkylation sites (tertiary alicyclic amines) is 1. The first-order chi connectivity index (χ1) is 16.4. The molecule has 0 aliphatic carbocycles. The average Bonchev–Trinajstić information content (AvgIpc) is 2.85. The maximum atomic E-state index is 12.8. The van der Waals surface area contributed by atoms with Crippen LogP contribution in [0.2, 0.25) is 0 Å². The number of hydrogen-bond donors (Lipinski definition) is 1. The van der Waals surface area contributed by atoms with Crippen molar-refractivity contribution in [2.75, 3.05) is 26.2 Å². The molecule has 4 rings (SSSR count). The molecule has 0 aromatic heterocycles. The zero-order chi connectivity index (χ0) is 24.0. The number of rotatable bonds is 8. The SMILES string of the molecule is O=C(NCc1cccc(CN2CCCCC2)c1)C1CCN(S(=O)(=O)Cc2ccc(Br)cc2)CC1. The van der Waals surface area contributed by atoms with Gasteiger partial charge in [0, 0.05) is 36.6 Å². The first kappa shape index (κ1) is 25.4. The lowest BCUT2D eigenvalue weighted by Crippen LogP contribution is -2.43. The van der Waals surface area contributed by atoms with E-state index in [0.29, 0.717) is 32.5 Å². The Morgan fingerprint density at radius 1 is 0.912 bits per heavy atom. The second kappa shape index (κ2) is 11.8. The van der Waals surface area contributed by atoms with Gasteiger partial charge in [-0.05, 0) is 67.6 Å². The van der Waals surface area contributed by atoms with E-state index < -0.39 is 10.0 Å². The molecular weight excluding hydrogens is 514 g/mol. The van der Waals surface area contributed by atoms with Crippen LogP contribution in [0, 0.1) is 5.92 Å². The van der Waals surface area contributed by atoms with Crippen molar-refractivity contribution in [1.29, 1.82) is 0 Å². The summed E-state index contributed by atoms with van der Waals surface area (Å²) in [6, 6.07) is 15.8. The fourth-order valence-corrected chi connectivity index (χ4v) is 6.65. The number of sulfonamides is 1. The molecule has 0 saturated carbocycles. The van der Waals surface area contributed by atoms with Crippen LogP contribution in [-0.4, -0.2) is 49.7 Å². The van der Waals surface area contributed by atoms with Crippen molar-refractivity contribution in [1.82, 2.24) is 14.5 Å². The third-order valence-corrected chi connectivity index (χ3v) is 9.17. The predicted octanol–water partition coefficient (Wildman–Crippen LogP) is 4.29. The summed E-state index contributed by atoms with van der Waals surface area (Å²) in [6.45, 7) is 4.59. The highest BCUT2D eigenvalue weighted by atomic mass is 79.9. The molecule has 1 amide bonds. The number of nitrogens with one attached hydrogen (secondary N) is 1. The van der Waals surface area contributed by atoms with Gasteiger partial charge in [-0.2, -0.15) is 0 Å². The molecule has 2 aliphatic heterocycles. The number of hydrogen-bond acceptors (Lipinski definition) is 4. The van der Waals surface area contributed by atoms with Crippen LogP contribution in [-0.2, 0) is 33.7 Å². The normalized spacial score (nSPS) is 18.6. The molecule has 1 N–H and O–H groups in total. The lowest BCUT2D eigenvalue weighted by atomic mass is 9.97. The molecule has 0 bridgehead atoms. The molecule has 8 heteroatoms. The summed E-state index contributed by atoms with van der Waals surface area (Å²) in [7, 11) is -3.39. The van der Waals surface area contributed by atoms with E-state index in [1.54, 1.807) is 0 Å². The molecule has 34 heavy (non-hydrogen) atoms. The van der Waals surface area contributed by atoms with Crippen LogP contribution >= 0.6 is 15.9 Å². The summed E-state index contributed by atoms with van der Waals surface area (Å²) in [4.78, 5) is 15.3. The smallest absolute Gasteiger partial charge is 0.223 e.